The van der Waals surface area contributed by atoms with Crippen molar-refractivity contribution >= 4 is 33.2 Å². The maximum atomic E-state index is 12.6. The summed E-state index contributed by atoms with van der Waals surface area (Å²) < 4.78 is 33.0. The zero-order chi connectivity index (χ0) is 20.9. The zero-order valence-corrected chi connectivity index (χ0v) is 17.0. The number of hydrogen-bond acceptors (Lipinski definition) is 5. The van der Waals surface area contributed by atoms with Crippen molar-refractivity contribution in [2.45, 2.75) is 11.4 Å². The Balaban J connectivity index is 1.83. The predicted octanol–water partition coefficient (Wildman–Crippen LogP) is 3.47. The fourth-order valence-electron chi connectivity index (χ4n) is 2.53. The van der Waals surface area contributed by atoms with Gasteiger partial charge in [-0.25, -0.2) is 13.1 Å². The van der Waals surface area contributed by atoms with E-state index in [2.05, 4.69) is 15.0 Å². The van der Waals surface area contributed by atoms with E-state index in [-0.39, 0.29) is 17.1 Å². The van der Waals surface area contributed by atoms with Crippen molar-refractivity contribution < 1.29 is 17.9 Å². The molecule has 150 valence electrons. The molecule has 3 rings (SSSR count). The van der Waals surface area contributed by atoms with E-state index in [1.165, 1.54) is 31.4 Å². The van der Waals surface area contributed by atoms with Crippen LogP contribution in [0, 0.1) is 0 Å². The van der Waals surface area contributed by atoms with Gasteiger partial charge in [-0.1, -0.05) is 23.7 Å². The number of hydrogen-bond donors (Lipinski definition) is 2. The summed E-state index contributed by atoms with van der Waals surface area (Å²) in [5.41, 5.74) is 1.14. The molecule has 7 nitrogen and oxygen atoms in total. The Labute approximate surface area is 173 Å². The van der Waals surface area contributed by atoms with Gasteiger partial charge in [0.25, 0.3) is 5.91 Å². The fourth-order valence-corrected chi connectivity index (χ4v) is 3.75. The molecule has 1 aromatic heterocycles. The molecule has 0 aliphatic heterocycles. The highest BCUT2D eigenvalue weighted by Crippen LogP contribution is 2.28. The van der Waals surface area contributed by atoms with Crippen LogP contribution >= 0.6 is 11.6 Å². The fraction of sp³-hybridized carbons (Fsp3) is 0.100. The number of nitrogens with zero attached hydrogens (tertiary/aromatic N) is 1. The standard InChI is InChI=1S/C20H18ClN3O4S/c1-28-19-9-8-17(29(26,27)23-13-16-7-2-3-10-22-16)12-18(19)24-20(25)14-5-4-6-15(21)11-14/h2-12,23H,13H2,1H3,(H,24,25). The number of sulfonamides is 1. The van der Waals surface area contributed by atoms with Gasteiger partial charge in [-0.15, -0.1) is 0 Å². The van der Waals surface area contributed by atoms with E-state index in [4.69, 9.17) is 16.3 Å². The minimum absolute atomic E-state index is 0.0179. The summed E-state index contributed by atoms with van der Waals surface area (Å²) in [4.78, 5) is 16.6. The summed E-state index contributed by atoms with van der Waals surface area (Å²) in [6.07, 6.45) is 1.58. The second kappa shape index (κ2) is 9.04. The predicted molar refractivity (Wildman–Crippen MR) is 111 cm³/mol. The molecule has 0 saturated carbocycles. The van der Waals surface area contributed by atoms with Crippen molar-refractivity contribution in [1.82, 2.24) is 9.71 Å². The average molecular weight is 432 g/mol. The zero-order valence-electron chi connectivity index (χ0n) is 15.4. The number of carbonyl (C=O) groups is 1. The molecule has 9 heteroatoms. The Kier molecular flexibility index (Phi) is 6.48. The quantitative estimate of drug-likeness (QED) is 0.597. The first-order valence-corrected chi connectivity index (χ1v) is 10.4. The molecule has 2 aromatic carbocycles. The normalized spacial score (nSPS) is 11.1. The topological polar surface area (TPSA) is 97.4 Å². The van der Waals surface area contributed by atoms with Crippen molar-refractivity contribution in [2.24, 2.45) is 0 Å². The molecule has 0 spiro atoms. The molecular formula is C20H18ClN3O4S. The van der Waals surface area contributed by atoms with Crippen molar-refractivity contribution in [3.8, 4) is 5.75 Å². The van der Waals surface area contributed by atoms with E-state index < -0.39 is 15.9 Å². The molecule has 2 N–H and O–H groups in total. The van der Waals surface area contributed by atoms with Crippen molar-refractivity contribution in [3.05, 3.63) is 83.1 Å². The van der Waals surface area contributed by atoms with E-state index in [0.717, 1.165) is 0 Å². The van der Waals surface area contributed by atoms with Crippen LogP contribution in [0.2, 0.25) is 5.02 Å². The molecule has 0 aliphatic carbocycles. The number of methoxy groups -OCH3 is 1. The third-order valence-electron chi connectivity index (χ3n) is 3.99. The van der Waals surface area contributed by atoms with Gasteiger partial charge in [-0.3, -0.25) is 9.78 Å². The lowest BCUT2D eigenvalue weighted by molar-refractivity contribution is 0.102. The van der Waals surface area contributed by atoms with Crippen LogP contribution in [0.4, 0.5) is 5.69 Å². The Morgan fingerprint density at radius 1 is 1.10 bits per heavy atom. The largest absolute Gasteiger partial charge is 0.495 e. The molecule has 1 amide bonds. The summed E-state index contributed by atoms with van der Waals surface area (Å²) in [6, 6.07) is 15.9. The highest BCUT2D eigenvalue weighted by Gasteiger charge is 2.18. The lowest BCUT2D eigenvalue weighted by atomic mass is 10.2. The summed E-state index contributed by atoms with van der Waals surface area (Å²) >= 11 is 5.92. The number of anilines is 1. The van der Waals surface area contributed by atoms with Crippen LogP contribution in [-0.2, 0) is 16.6 Å². The number of nitrogens with one attached hydrogen (secondary N) is 2. The van der Waals surface area contributed by atoms with Crippen LogP contribution < -0.4 is 14.8 Å². The SMILES string of the molecule is COc1ccc(S(=O)(=O)NCc2ccccn2)cc1NC(=O)c1cccc(Cl)c1. The first-order valence-electron chi connectivity index (χ1n) is 8.53. The molecule has 0 atom stereocenters. The lowest BCUT2D eigenvalue weighted by Gasteiger charge is -2.13. The van der Waals surface area contributed by atoms with Gasteiger partial charge < -0.3 is 10.1 Å². The molecule has 29 heavy (non-hydrogen) atoms. The molecular weight excluding hydrogens is 414 g/mol. The van der Waals surface area contributed by atoms with Gasteiger partial charge in [0.15, 0.2) is 0 Å². The molecule has 0 bridgehead atoms. The molecule has 0 aliphatic rings. The summed E-state index contributed by atoms with van der Waals surface area (Å²) in [5, 5.41) is 3.08. The van der Waals surface area contributed by atoms with Crippen LogP contribution in [0.3, 0.4) is 0 Å². The van der Waals surface area contributed by atoms with Crippen molar-refractivity contribution in [1.29, 1.82) is 0 Å². The number of benzene rings is 2. The minimum atomic E-state index is -3.83. The number of pyridine rings is 1. The molecule has 0 radical (unpaired) electrons. The van der Waals surface area contributed by atoms with Gasteiger partial charge in [0.2, 0.25) is 10.0 Å². The number of aromatic nitrogens is 1. The van der Waals surface area contributed by atoms with Crippen LogP contribution in [-0.4, -0.2) is 26.4 Å². The maximum Gasteiger partial charge on any atom is 0.255 e. The number of rotatable bonds is 7. The number of ether oxygens (including phenoxy) is 1. The first-order chi connectivity index (χ1) is 13.9. The number of amides is 1. The van der Waals surface area contributed by atoms with E-state index in [9.17, 15) is 13.2 Å². The summed E-state index contributed by atoms with van der Waals surface area (Å²) in [5.74, 6) is -0.120. The number of carbonyl (C=O) groups excluding carboxylic acids is 1. The minimum Gasteiger partial charge on any atom is -0.495 e. The summed E-state index contributed by atoms with van der Waals surface area (Å²) in [6.45, 7) is 0.0411. The Morgan fingerprint density at radius 3 is 2.62 bits per heavy atom. The highest BCUT2D eigenvalue weighted by atomic mass is 35.5. The lowest BCUT2D eigenvalue weighted by Crippen LogP contribution is -2.24. The van der Waals surface area contributed by atoms with E-state index >= 15 is 0 Å². The second-order valence-electron chi connectivity index (χ2n) is 5.97. The maximum absolute atomic E-state index is 12.6. The highest BCUT2D eigenvalue weighted by molar-refractivity contribution is 7.89. The van der Waals surface area contributed by atoms with E-state index in [0.29, 0.717) is 22.0 Å². The third kappa shape index (κ3) is 5.32. The van der Waals surface area contributed by atoms with Crippen LogP contribution in [0.25, 0.3) is 0 Å². The molecule has 0 fully saturated rings. The molecule has 0 unspecified atom stereocenters. The van der Waals surface area contributed by atoms with E-state index in [1.807, 2.05) is 0 Å². The van der Waals surface area contributed by atoms with E-state index in [1.54, 1.807) is 42.6 Å². The van der Waals surface area contributed by atoms with Gasteiger partial charge in [-0.05, 0) is 48.5 Å². The average Bonchev–Trinajstić information content (AvgIpc) is 2.73. The van der Waals surface area contributed by atoms with Gasteiger partial charge >= 0.3 is 0 Å². The number of halogens is 1. The van der Waals surface area contributed by atoms with Gasteiger partial charge in [0.05, 0.1) is 29.9 Å². The van der Waals surface area contributed by atoms with Gasteiger partial charge in [0, 0.05) is 16.8 Å². The van der Waals surface area contributed by atoms with Crippen LogP contribution in [0.1, 0.15) is 16.1 Å². The smallest absolute Gasteiger partial charge is 0.255 e. The van der Waals surface area contributed by atoms with Gasteiger partial charge in [-0.2, -0.15) is 0 Å². The van der Waals surface area contributed by atoms with Crippen molar-refractivity contribution in [2.75, 3.05) is 12.4 Å². The Bertz CT molecular complexity index is 1120. The molecule has 0 saturated heterocycles. The van der Waals surface area contributed by atoms with Crippen molar-refractivity contribution in [3.63, 3.8) is 0 Å². The van der Waals surface area contributed by atoms with Crippen LogP contribution in [0.5, 0.6) is 5.75 Å². The Morgan fingerprint density at radius 2 is 1.93 bits per heavy atom. The molecule has 3 aromatic rings. The van der Waals surface area contributed by atoms with Gasteiger partial charge in [0.1, 0.15) is 5.75 Å². The molecule has 1 heterocycles. The van der Waals surface area contributed by atoms with Crippen LogP contribution in [0.15, 0.2) is 71.8 Å². The second-order valence-corrected chi connectivity index (χ2v) is 8.18. The third-order valence-corrected chi connectivity index (χ3v) is 5.62. The summed E-state index contributed by atoms with van der Waals surface area (Å²) in [7, 11) is -2.40. The Hall–Kier alpha value is -2.94. The monoisotopic (exact) mass is 431 g/mol. The first kappa shape index (κ1) is 20.8.